The molecule has 1 aliphatic heterocycles. The van der Waals surface area contributed by atoms with Crippen LogP contribution in [0, 0.1) is 0 Å². The van der Waals surface area contributed by atoms with Crippen molar-refractivity contribution in [2.24, 2.45) is 0 Å². The van der Waals surface area contributed by atoms with E-state index in [9.17, 15) is 19.2 Å². The SMILES string of the molecule is COc1ccc(Cc2nccnc2O[C@@H]2O[C@H](COC(C)=O)[C@@H](OC(C)=O)[C@H](OC(C)=O)[C@H]2OC(C)=O)cc1. The molecule has 0 amide bonds. The second-order valence-corrected chi connectivity index (χ2v) is 8.52. The lowest BCUT2D eigenvalue weighted by molar-refractivity contribution is -0.289. The molecule has 13 heteroatoms. The summed E-state index contributed by atoms with van der Waals surface area (Å²) in [6.07, 6.45) is -3.42. The number of nitrogens with zero attached hydrogens (tertiary/aromatic N) is 2. The molecule has 0 radical (unpaired) electrons. The van der Waals surface area contributed by atoms with Gasteiger partial charge in [-0.05, 0) is 17.7 Å². The summed E-state index contributed by atoms with van der Waals surface area (Å²) in [5.74, 6) is -2.11. The second-order valence-electron chi connectivity index (χ2n) is 8.52. The van der Waals surface area contributed by atoms with Gasteiger partial charge in [-0.15, -0.1) is 0 Å². The van der Waals surface area contributed by atoms with Gasteiger partial charge < -0.3 is 33.2 Å². The first-order chi connectivity index (χ1) is 18.6. The quantitative estimate of drug-likeness (QED) is 0.312. The van der Waals surface area contributed by atoms with Gasteiger partial charge in [-0.25, -0.2) is 4.98 Å². The maximum atomic E-state index is 12.0. The van der Waals surface area contributed by atoms with Gasteiger partial charge >= 0.3 is 23.9 Å². The summed E-state index contributed by atoms with van der Waals surface area (Å²) in [7, 11) is 1.57. The highest BCUT2D eigenvalue weighted by Crippen LogP contribution is 2.31. The zero-order valence-electron chi connectivity index (χ0n) is 22.2. The van der Waals surface area contributed by atoms with Gasteiger partial charge in [0.1, 0.15) is 24.2 Å². The summed E-state index contributed by atoms with van der Waals surface area (Å²) >= 11 is 0. The Hall–Kier alpha value is -4.26. The Morgan fingerprint density at radius 1 is 0.795 bits per heavy atom. The van der Waals surface area contributed by atoms with Crippen molar-refractivity contribution in [3.63, 3.8) is 0 Å². The van der Waals surface area contributed by atoms with Crippen LogP contribution in [0.5, 0.6) is 11.6 Å². The monoisotopic (exact) mass is 546 g/mol. The zero-order chi connectivity index (χ0) is 28.5. The number of rotatable bonds is 10. The van der Waals surface area contributed by atoms with Crippen molar-refractivity contribution < 1.29 is 52.3 Å². The molecule has 3 rings (SSSR count). The Kier molecular flexibility index (Phi) is 10.1. The van der Waals surface area contributed by atoms with E-state index in [1.165, 1.54) is 19.3 Å². The number of esters is 4. The normalized spacial score (nSPS) is 22.2. The molecule has 2 aromatic rings. The van der Waals surface area contributed by atoms with Gasteiger partial charge in [0, 0.05) is 46.5 Å². The summed E-state index contributed by atoms with van der Waals surface area (Å²) < 4.78 is 38.5. The van der Waals surface area contributed by atoms with E-state index in [4.69, 9.17) is 33.2 Å². The van der Waals surface area contributed by atoms with Crippen molar-refractivity contribution in [3.8, 4) is 11.6 Å². The van der Waals surface area contributed by atoms with E-state index in [1.807, 2.05) is 12.1 Å². The second kappa shape index (κ2) is 13.5. The Labute approximate surface area is 224 Å². The van der Waals surface area contributed by atoms with Crippen molar-refractivity contribution in [2.45, 2.75) is 64.8 Å². The van der Waals surface area contributed by atoms with E-state index in [2.05, 4.69) is 9.97 Å². The van der Waals surface area contributed by atoms with E-state index in [0.717, 1.165) is 26.3 Å². The van der Waals surface area contributed by atoms with Gasteiger partial charge in [0.15, 0.2) is 12.2 Å². The largest absolute Gasteiger partial charge is 0.497 e. The standard InChI is InChI=1S/C26H30N2O11/c1-14(29)34-13-21-22(35-15(2)30)23(36-16(3)31)24(37-17(4)32)26(38-21)39-25-20(27-10-11-28-25)12-18-6-8-19(33-5)9-7-18/h6-11,21-24,26H,12-13H2,1-5H3/t21-,22-,23+,24-,26+/m1/s1. The third kappa shape index (κ3) is 8.37. The van der Waals surface area contributed by atoms with Crippen LogP contribution in [0.1, 0.15) is 39.0 Å². The number of hydrogen-bond donors (Lipinski definition) is 0. The number of ether oxygens (including phenoxy) is 7. The van der Waals surface area contributed by atoms with Crippen LogP contribution in [0.4, 0.5) is 0 Å². The van der Waals surface area contributed by atoms with Gasteiger partial charge in [0.05, 0.1) is 7.11 Å². The Balaban J connectivity index is 1.97. The molecule has 1 aliphatic rings. The molecule has 0 bridgehead atoms. The molecule has 2 heterocycles. The lowest BCUT2D eigenvalue weighted by Crippen LogP contribution is -2.63. The molecule has 0 N–H and O–H groups in total. The van der Waals surface area contributed by atoms with Gasteiger partial charge in [0.2, 0.25) is 18.3 Å². The molecule has 0 spiro atoms. The van der Waals surface area contributed by atoms with Crippen LogP contribution in [0.2, 0.25) is 0 Å². The highest BCUT2D eigenvalue weighted by molar-refractivity contribution is 5.68. The molecule has 39 heavy (non-hydrogen) atoms. The third-order valence-corrected chi connectivity index (χ3v) is 5.44. The fourth-order valence-electron chi connectivity index (χ4n) is 3.90. The Bertz CT molecular complexity index is 1170. The van der Waals surface area contributed by atoms with Crippen molar-refractivity contribution in [2.75, 3.05) is 13.7 Å². The smallest absolute Gasteiger partial charge is 0.303 e. The minimum atomic E-state index is -1.42. The Morgan fingerprint density at radius 3 is 1.97 bits per heavy atom. The first-order valence-electron chi connectivity index (χ1n) is 12.0. The van der Waals surface area contributed by atoms with Crippen molar-refractivity contribution in [3.05, 3.63) is 47.9 Å². The van der Waals surface area contributed by atoms with Gasteiger partial charge in [-0.3, -0.25) is 24.2 Å². The molecule has 210 valence electrons. The number of hydrogen-bond acceptors (Lipinski definition) is 13. The summed E-state index contributed by atoms with van der Waals surface area (Å²) in [6.45, 7) is 4.23. The highest BCUT2D eigenvalue weighted by Gasteiger charge is 2.53. The van der Waals surface area contributed by atoms with Crippen LogP contribution < -0.4 is 9.47 Å². The average Bonchev–Trinajstić information content (AvgIpc) is 2.87. The lowest BCUT2D eigenvalue weighted by atomic mass is 9.98. The number of methoxy groups -OCH3 is 1. The maximum Gasteiger partial charge on any atom is 0.303 e. The van der Waals surface area contributed by atoms with Crippen molar-refractivity contribution >= 4 is 23.9 Å². The van der Waals surface area contributed by atoms with Gasteiger partial charge in [0.25, 0.3) is 0 Å². The first-order valence-corrected chi connectivity index (χ1v) is 12.0. The number of carbonyl (C=O) groups excluding carboxylic acids is 4. The summed E-state index contributed by atoms with van der Waals surface area (Å²) in [4.78, 5) is 56.1. The third-order valence-electron chi connectivity index (χ3n) is 5.44. The van der Waals surface area contributed by atoms with E-state index in [1.54, 1.807) is 19.2 Å². The van der Waals surface area contributed by atoms with Crippen LogP contribution in [0.15, 0.2) is 36.7 Å². The van der Waals surface area contributed by atoms with Gasteiger partial charge in [-0.1, -0.05) is 12.1 Å². The van der Waals surface area contributed by atoms with Crippen LogP contribution in [-0.4, -0.2) is 78.3 Å². The molecule has 0 unspecified atom stereocenters. The zero-order valence-corrected chi connectivity index (χ0v) is 22.2. The fraction of sp³-hybridized carbons (Fsp3) is 0.462. The number of carbonyl (C=O) groups is 4. The molecule has 0 aliphatic carbocycles. The molecule has 1 fully saturated rings. The molecule has 1 aromatic heterocycles. The van der Waals surface area contributed by atoms with Crippen LogP contribution >= 0.6 is 0 Å². The summed E-state index contributed by atoms with van der Waals surface area (Å²) in [5, 5.41) is 0. The highest BCUT2D eigenvalue weighted by atomic mass is 16.7. The summed E-state index contributed by atoms with van der Waals surface area (Å²) in [6, 6.07) is 7.30. The van der Waals surface area contributed by atoms with E-state index >= 15 is 0 Å². The number of benzene rings is 1. The summed E-state index contributed by atoms with van der Waals surface area (Å²) in [5.41, 5.74) is 1.30. The maximum absolute atomic E-state index is 12.0. The predicted molar refractivity (Wildman–Crippen MR) is 130 cm³/mol. The molecular weight excluding hydrogens is 516 g/mol. The molecule has 1 saturated heterocycles. The van der Waals surface area contributed by atoms with E-state index in [-0.39, 0.29) is 12.5 Å². The van der Waals surface area contributed by atoms with Crippen molar-refractivity contribution in [1.82, 2.24) is 9.97 Å². The van der Waals surface area contributed by atoms with Crippen LogP contribution in [0.3, 0.4) is 0 Å². The number of aromatic nitrogens is 2. The van der Waals surface area contributed by atoms with Crippen LogP contribution in [-0.2, 0) is 49.3 Å². The van der Waals surface area contributed by atoms with Crippen LogP contribution in [0.25, 0.3) is 0 Å². The first kappa shape index (κ1) is 29.3. The minimum absolute atomic E-state index is 0.0502. The van der Waals surface area contributed by atoms with Crippen molar-refractivity contribution in [1.29, 1.82) is 0 Å². The lowest BCUT2D eigenvalue weighted by Gasteiger charge is -2.43. The Morgan fingerprint density at radius 2 is 1.38 bits per heavy atom. The molecular formula is C26H30N2O11. The van der Waals surface area contributed by atoms with E-state index < -0.39 is 54.6 Å². The fourth-order valence-corrected chi connectivity index (χ4v) is 3.90. The average molecular weight is 547 g/mol. The molecule has 0 saturated carbocycles. The predicted octanol–water partition coefficient (Wildman–Crippen LogP) is 1.54. The molecule has 13 nitrogen and oxygen atoms in total. The van der Waals surface area contributed by atoms with Gasteiger partial charge in [-0.2, -0.15) is 0 Å². The minimum Gasteiger partial charge on any atom is -0.497 e. The molecule has 5 atom stereocenters. The van der Waals surface area contributed by atoms with E-state index in [0.29, 0.717) is 17.9 Å². The molecule has 1 aromatic carbocycles. The topological polar surface area (TPSA) is 159 Å².